The number of nitrogens with zero attached hydrogens (tertiary/aromatic N) is 2. The van der Waals surface area contributed by atoms with Crippen molar-refractivity contribution in [1.82, 2.24) is 19.9 Å². The molecule has 6 nitrogen and oxygen atoms in total. The second-order valence-electron chi connectivity index (χ2n) is 6.01. The van der Waals surface area contributed by atoms with E-state index in [2.05, 4.69) is 32.0 Å². The van der Waals surface area contributed by atoms with Crippen LogP contribution in [-0.2, 0) is 22.9 Å². The van der Waals surface area contributed by atoms with Crippen molar-refractivity contribution >= 4 is 10.0 Å². The number of aryl methyl sites for hydroxylation is 2. The van der Waals surface area contributed by atoms with Crippen molar-refractivity contribution in [1.29, 1.82) is 0 Å². The van der Waals surface area contributed by atoms with Gasteiger partial charge >= 0.3 is 0 Å². The Morgan fingerprint density at radius 3 is 2.42 bits per heavy atom. The molecule has 7 heteroatoms. The summed E-state index contributed by atoms with van der Waals surface area (Å²) in [7, 11) is -3.45. The second kappa shape index (κ2) is 8.25. The van der Waals surface area contributed by atoms with Gasteiger partial charge in [-0.15, -0.1) is 0 Å². The fourth-order valence-corrected chi connectivity index (χ4v) is 3.68. The van der Waals surface area contributed by atoms with Crippen LogP contribution in [0.25, 0.3) is 11.4 Å². The molecule has 0 fully saturated rings. The van der Waals surface area contributed by atoms with E-state index in [0.717, 1.165) is 30.7 Å². The Bertz CT molecular complexity index is 935. The number of aromatic amines is 1. The molecule has 1 aromatic heterocycles. The first-order chi connectivity index (χ1) is 12.6. The van der Waals surface area contributed by atoms with Crippen molar-refractivity contribution in [3.05, 3.63) is 66.0 Å². The van der Waals surface area contributed by atoms with Crippen molar-refractivity contribution in [2.24, 2.45) is 0 Å². The SMILES string of the molecule is CCCNS(=O)(=O)c1ccc(-c2n[nH]c(CCc3ccccc3)n2)cc1. The standard InChI is InChI=1S/C19H22N4O2S/c1-2-14-20-26(24,25)17-11-9-16(10-12-17)19-21-18(22-23-19)13-8-15-6-4-3-5-7-15/h3-7,9-12,20H,2,8,13-14H2,1H3,(H,21,22,23). The first kappa shape index (κ1) is 18.3. The van der Waals surface area contributed by atoms with Gasteiger partial charge < -0.3 is 0 Å². The Hall–Kier alpha value is -2.51. The summed E-state index contributed by atoms with van der Waals surface area (Å²) >= 11 is 0. The van der Waals surface area contributed by atoms with Gasteiger partial charge in [-0.3, -0.25) is 5.10 Å². The molecule has 0 spiro atoms. The van der Waals surface area contributed by atoms with Gasteiger partial charge in [-0.05, 0) is 42.7 Å². The molecule has 0 saturated carbocycles. The summed E-state index contributed by atoms with van der Waals surface area (Å²) < 4.78 is 26.8. The number of aromatic nitrogens is 3. The van der Waals surface area contributed by atoms with E-state index in [1.54, 1.807) is 24.3 Å². The van der Waals surface area contributed by atoms with Crippen LogP contribution in [-0.4, -0.2) is 30.1 Å². The molecular formula is C19H22N4O2S. The number of sulfonamides is 1. The van der Waals surface area contributed by atoms with Crippen LogP contribution in [0.5, 0.6) is 0 Å². The van der Waals surface area contributed by atoms with Gasteiger partial charge in [0, 0.05) is 18.5 Å². The molecule has 0 saturated heterocycles. The number of nitrogens with one attached hydrogen (secondary N) is 2. The third-order valence-electron chi connectivity index (χ3n) is 3.99. The molecule has 0 atom stereocenters. The number of rotatable bonds is 8. The zero-order chi connectivity index (χ0) is 18.4. The first-order valence-corrected chi connectivity index (χ1v) is 10.1. The van der Waals surface area contributed by atoms with Crippen LogP contribution in [0.2, 0.25) is 0 Å². The molecule has 3 aromatic rings. The van der Waals surface area contributed by atoms with Crippen molar-refractivity contribution in [2.45, 2.75) is 31.1 Å². The van der Waals surface area contributed by atoms with Gasteiger partial charge in [0.05, 0.1) is 4.90 Å². The summed E-state index contributed by atoms with van der Waals surface area (Å²) in [6.07, 6.45) is 2.40. The van der Waals surface area contributed by atoms with E-state index in [4.69, 9.17) is 0 Å². The molecule has 1 heterocycles. The minimum Gasteiger partial charge on any atom is -0.263 e. The van der Waals surface area contributed by atoms with Crippen LogP contribution in [0, 0.1) is 0 Å². The smallest absolute Gasteiger partial charge is 0.240 e. The lowest BCUT2D eigenvalue weighted by Gasteiger charge is -2.05. The van der Waals surface area contributed by atoms with E-state index in [1.165, 1.54) is 5.56 Å². The molecule has 0 aliphatic carbocycles. The van der Waals surface area contributed by atoms with Crippen LogP contribution in [0.1, 0.15) is 24.7 Å². The van der Waals surface area contributed by atoms with Crippen LogP contribution in [0.15, 0.2) is 59.5 Å². The van der Waals surface area contributed by atoms with E-state index in [-0.39, 0.29) is 4.90 Å². The number of hydrogen-bond acceptors (Lipinski definition) is 4. The fourth-order valence-electron chi connectivity index (χ4n) is 2.55. The monoisotopic (exact) mass is 370 g/mol. The predicted molar refractivity (Wildman–Crippen MR) is 101 cm³/mol. The lowest BCUT2D eigenvalue weighted by Crippen LogP contribution is -2.24. The van der Waals surface area contributed by atoms with E-state index >= 15 is 0 Å². The molecule has 2 N–H and O–H groups in total. The van der Waals surface area contributed by atoms with E-state index in [1.807, 2.05) is 25.1 Å². The molecule has 3 rings (SSSR count). The highest BCUT2D eigenvalue weighted by atomic mass is 32.2. The lowest BCUT2D eigenvalue weighted by molar-refractivity contribution is 0.581. The largest absolute Gasteiger partial charge is 0.263 e. The summed E-state index contributed by atoms with van der Waals surface area (Å²) in [5.74, 6) is 1.38. The van der Waals surface area contributed by atoms with E-state index in [0.29, 0.717) is 12.4 Å². The van der Waals surface area contributed by atoms with Crippen LogP contribution in [0.3, 0.4) is 0 Å². The highest BCUT2D eigenvalue weighted by Crippen LogP contribution is 2.18. The van der Waals surface area contributed by atoms with Gasteiger partial charge in [0.15, 0.2) is 5.82 Å². The summed E-state index contributed by atoms with van der Waals surface area (Å²) in [6.45, 7) is 2.35. The van der Waals surface area contributed by atoms with Gasteiger partial charge in [0.2, 0.25) is 10.0 Å². The maximum atomic E-state index is 12.1. The minimum absolute atomic E-state index is 0.245. The third kappa shape index (κ3) is 4.56. The van der Waals surface area contributed by atoms with Gasteiger partial charge in [0.25, 0.3) is 0 Å². The molecular weight excluding hydrogens is 348 g/mol. The van der Waals surface area contributed by atoms with Gasteiger partial charge in [-0.1, -0.05) is 37.3 Å². The zero-order valence-electron chi connectivity index (χ0n) is 14.6. The Labute approximate surface area is 153 Å². The first-order valence-electron chi connectivity index (χ1n) is 8.64. The number of benzene rings is 2. The molecule has 0 amide bonds. The number of hydrogen-bond donors (Lipinski definition) is 2. The summed E-state index contributed by atoms with van der Waals surface area (Å²) in [4.78, 5) is 4.75. The van der Waals surface area contributed by atoms with Crippen molar-refractivity contribution < 1.29 is 8.42 Å². The minimum atomic E-state index is -3.45. The van der Waals surface area contributed by atoms with Crippen molar-refractivity contribution in [2.75, 3.05) is 6.54 Å². The summed E-state index contributed by atoms with van der Waals surface area (Å²) in [5.41, 5.74) is 2.03. The van der Waals surface area contributed by atoms with Crippen molar-refractivity contribution in [3.8, 4) is 11.4 Å². The summed E-state index contributed by atoms with van der Waals surface area (Å²) in [6, 6.07) is 16.8. The quantitative estimate of drug-likeness (QED) is 0.638. The predicted octanol–water partition coefficient (Wildman–Crippen LogP) is 2.95. The molecule has 2 aromatic carbocycles. The average Bonchev–Trinajstić information content (AvgIpc) is 3.15. The summed E-state index contributed by atoms with van der Waals surface area (Å²) in [5, 5.41) is 7.19. The molecule has 0 bridgehead atoms. The van der Waals surface area contributed by atoms with Gasteiger partial charge in [-0.25, -0.2) is 18.1 Å². The molecule has 0 aliphatic rings. The molecule has 0 aliphatic heterocycles. The Morgan fingerprint density at radius 2 is 1.73 bits per heavy atom. The highest BCUT2D eigenvalue weighted by molar-refractivity contribution is 7.89. The number of H-pyrrole nitrogens is 1. The highest BCUT2D eigenvalue weighted by Gasteiger charge is 2.14. The second-order valence-corrected chi connectivity index (χ2v) is 7.78. The van der Waals surface area contributed by atoms with Crippen LogP contribution >= 0.6 is 0 Å². The van der Waals surface area contributed by atoms with Crippen LogP contribution < -0.4 is 4.72 Å². The molecule has 136 valence electrons. The van der Waals surface area contributed by atoms with E-state index < -0.39 is 10.0 Å². The fraction of sp³-hybridized carbons (Fsp3) is 0.263. The average molecular weight is 370 g/mol. The maximum absolute atomic E-state index is 12.1. The van der Waals surface area contributed by atoms with Gasteiger partial charge in [-0.2, -0.15) is 5.10 Å². The normalized spacial score (nSPS) is 11.6. The molecule has 0 unspecified atom stereocenters. The van der Waals surface area contributed by atoms with E-state index in [9.17, 15) is 8.42 Å². The molecule has 0 radical (unpaired) electrons. The van der Waals surface area contributed by atoms with Gasteiger partial charge in [0.1, 0.15) is 5.82 Å². The maximum Gasteiger partial charge on any atom is 0.240 e. The Kier molecular flexibility index (Phi) is 5.80. The van der Waals surface area contributed by atoms with Crippen LogP contribution in [0.4, 0.5) is 0 Å². The Balaban J connectivity index is 1.67. The Morgan fingerprint density at radius 1 is 1.00 bits per heavy atom. The topological polar surface area (TPSA) is 87.7 Å². The third-order valence-corrected chi connectivity index (χ3v) is 5.47. The lowest BCUT2D eigenvalue weighted by atomic mass is 10.1. The zero-order valence-corrected chi connectivity index (χ0v) is 15.5. The molecule has 26 heavy (non-hydrogen) atoms. The van der Waals surface area contributed by atoms with Crippen molar-refractivity contribution in [3.63, 3.8) is 0 Å².